The van der Waals surface area contributed by atoms with Crippen LogP contribution < -0.4 is 10.9 Å². The summed E-state index contributed by atoms with van der Waals surface area (Å²) in [6, 6.07) is 1.51. The molecule has 4 rings (SSSR count). The molecule has 0 saturated carbocycles. The van der Waals surface area contributed by atoms with E-state index in [0.29, 0.717) is 15.6 Å². The Morgan fingerprint density at radius 2 is 2.14 bits per heavy atom. The van der Waals surface area contributed by atoms with Gasteiger partial charge in [-0.3, -0.25) is 9.59 Å². The van der Waals surface area contributed by atoms with Crippen molar-refractivity contribution in [2.24, 2.45) is 0 Å². The van der Waals surface area contributed by atoms with Crippen LogP contribution in [0, 0.1) is 0 Å². The van der Waals surface area contributed by atoms with Gasteiger partial charge in [0.2, 0.25) is 5.91 Å². The number of carbonyl (C=O) groups excluding carboxylic acids is 1. The van der Waals surface area contributed by atoms with Crippen LogP contribution in [-0.4, -0.2) is 26.1 Å². The standard InChI is InChI=1S/C18H16Cl2N4O2S2/c1-8(15(25)22-14-11(20)6-9(19)7-21-14)27-18-23-16(26)13-10-4-2-3-5-12(10)28-17(13)24-18/h6-8H,2-5H2,1H3,(H,21,22,25)(H,23,24,26)/t8-/m1/s1. The molecule has 0 fully saturated rings. The van der Waals surface area contributed by atoms with Crippen molar-refractivity contribution in [3.05, 3.63) is 43.1 Å². The normalized spacial score (nSPS) is 14.7. The molecular formula is C18H16Cl2N4O2S2. The van der Waals surface area contributed by atoms with Gasteiger partial charge in [-0.05, 0) is 44.2 Å². The maximum absolute atomic E-state index is 12.6. The number of nitrogens with zero attached hydrogens (tertiary/aromatic N) is 2. The fourth-order valence-electron chi connectivity index (χ4n) is 3.15. The number of halogens is 2. The molecule has 3 aromatic heterocycles. The molecule has 0 aliphatic heterocycles. The van der Waals surface area contributed by atoms with Crippen LogP contribution in [0.5, 0.6) is 0 Å². The summed E-state index contributed by atoms with van der Waals surface area (Å²) in [5.41, 5.74) is 1.01. The van der Waals surface area contributed by atoms with Crippen molar-refractivity contribution in [1.82, 2.24) is 15.0 Å². The molecule has 0 aromatic carbocycles. The van der Waals surface area contributed by atoms with E-state index in [2.05, 4.69) is 20.3 Å². The van der Waals surface area contributed by atoms with E-state index in [1.165, 1.54) is 28.9 Å². The predicted molar refractivity (Wildman–Crippen MR) is 115 cm³/mol. The van der Waals surface area contributed by atoms with Gasteiger partial charge in [0.1, 0.15) is 4.83 Å². The number of carbonyl (C=O) groups is 1. The average molecular weight is 455 g/mol. The molecule has 1 aliphatic rings. The minimum Gasteiger partial charge on any atom is -0.308 e. The third-order valence-electron chi connectivity index (χ3n) is 4.51. The minimum atomic E-state index is -0.510. The van der Waals surface area contributed by atoms with Gasteiger partial charge in [0.05, 0.1) is 20.7 Å². The zero-order chi connectivity index (χ0) is 19.8. The van der Waals surface area contributed by atoms with Crippen LogP contribution in [0.25, 0.3) is 10.2 Å². The lowest BCUT2D eigenvalue weighted by Gasteiger charge is -2.12. The second-order valence-corrected chi connectivity index (χ2v) is 9.75. The fourth-order valence-corrected chi connectivity index (χ4v) is 5.69. The van der Waals surface area contributed by atoms with E-state index in [4.69, 9.17) is 23.2 Å². The van der Waals surface area contributed by atoms with E-state index in [1.54, 1.807) is 18.3 Å². The first kappa shape index (κ1) is 19.7. The van der Waals surface area contributed by atoms with Gasteiger partial charge < -0.3 is 10.3 Å². The van der Waals surface area contributed by atoms with Crippen molar-refractivity contribution in [3.8, 4) is 0 Å². The summed E-state index contributed by atoms with van der Waals surface area (Å²) < 4.78 is 0. The van der Waals surface area contributed by atoms with Crippen LogP contribution in [0.3, 0.4) is 0 Å². The Labute approximate surface area is 179 Å². The maximum Gasteiger partial charge on any atom is 0.260 e. The minimum absolute atomic E-state index is 0.137. The molecule has 0 spiro atoms. The highest BCUT2D eigenvalue weighted by atomic mass is 35.5. The molecule has 0 unspecified atom stereocenters. The molecule has 28 heavy (non-hydrogen) atoms. The Morgan fingerprint density at radius 3 is 2.93 bits per heavy atom. The van der Waals surface area contributed by atoms with Crippen molar-refractivity contribution < 1.29 is 4.79 Å². The number of aromatic amines is 1. The quantitative estimate of drug-likeness (QED) is 0.441. The predicted octanol–water partition coefficient (Wildman–Crippen LogP) is 4.68. The first-order chi connectivity index (χ1) is 13.4. The van der Waals surface area contributed by atoms with Gasteiger partial charge >= 0.3 is 0 Å². The number of thioether (sulfide) groups is 1. The van der Waals surface area contributed by atoms with Crippen molar-refractivity contribution in [2.75, 3.05) is 5.32 Å². The Hall–Kier alpha value is -1.61. The largest absolute Gasteiger partial charge is 0.308 e. The van der Waals surface area contributed by atoms with Gasteiger partial charge in [0.25, 0.3) is 5.56 Å². The zero-order valence-electron chi connectivity index (χ0n) is 14.8. The molecule has 1 atom stereocenters. The lowest BCUT2D eigenvalue weighted by molar-refractivity contribution is -0.115. The first-order valence-corrected chi connectivity index (χ1v) is 11.2. The van der Waals surface area contributed by atoms with Crippen LogP contribution >= 0.6 is 46.3 Å². The SMILES string of the molecule is C[C@@H](Sc1nc2sc3c(c2c(=O)[nH]1)CCCC3)C(=O)Nc1ncc(Cl)cc1Cl. The van der Waals surface area contributed by atoms with E-state index in [0.717, 1.165) is 36.1 Å². The number of rotatable bonds is 4. The summed E-state index contributed by atoms with van der Waals surface area (Å²) in [4.78, 5) is 38.5. The zero-order valence-corrected chi connectivity index (χ0v) is 18.0. The van der Waals surface area contributed by atoms with Crippen LogP contribution in [0.15, 0.2) is 22.2 Å². The molecule has 0 radical (unpaired) electrons. The third-order valence-corrected chi connectivity index (χ3v) is 7.18. The summed E-state index contributed by atoms with van der Waals surface area (Å²) in [6.07, 6.45) is 5.60. The summed E-state index contributed by atoms with van der Waals surface area (Å²) in [5, 5.41) is 3.94. The van der Waals surface area contributed by atoms with Crippen LogP contribution in [-0.2, 0) is 17.6 Å². The van der Waals surface area contributed by atoms with Crippen LogP contribution in [0.4, 0.5) is 5.82 Å². The number of fused-ring (bicyclic) bond motifs is 3. The summed E-state index contributed by atoms with van der Waals surface area (Å²) in [6.45, 7) is 1.73. The van der Waals surface area contributed by atoms with Gasteiger partial charge in [0.15, 0.2) is 11.0 Å². The smallest absolute Gasteiger partial charge is 0.260 e. The molecule has 3 aromatic rings. The van der Waals surface area contributed by atoms with Gasteiger partial charge in [-0.1, -0.05) is 35.0 Å². The van der Waals surface area contributed by atoms with Crippen LogP contribution in [0.2, 0.25) is 10.0 Å². The van der Waals surface area contributed by atoms with Gasteiger partial charge in [0, 0.05) is 11.1 Å². The first-order valence-electron chi connectivity index (χ1n) is 8.75. The molecule has 1 amide bonds. The molecule has 10 heteroatoms. The lowest BCUT2D eigenvalue weighted by atomic mass is 9.97. The number of aryl methyl sites for hydroxylation is 2. The Kier molecular flexibility index (Phi) is 5.64. The van der Waals surface area contributed by atoms with Gasteiger partial charge in [-0.25, -0.2) is 9.97 Å². The molecule has 6 nitrogen and oxygen atoms in total. The van der Waals surface area contributed by atoms with E-state index in [9.17, 15) is 9.59 Å². The van der Waals surface area contributed by atoms with E-state index >= 15 is 0 Å². The number of hydrogen-bond donors (Lipinski definition) is 2. The summed E-state index contributed by atoms with van der Waals surface area (Å²) in [5.74, 6) is -0.0544. The second kappa shape index (κ2) is 8.02. The monoisotopic (exact) mass is 454 g/mol. The number of nitrogens with one attached hydrogen (secondary N) is 2. The molecule has 1 aliphatic carbocycles. The molecule has 3 heterocycles. The Balaban J connectivity index is 1.54. The molecule has 146 valence electrons. The number of hydrogen-bond acceptors (Lipinski definition) is 6. The Morgan fingerprint density at radius 1 is 1.36 bits per heavy atom. The molecule has 0 bridgehead atoms. The summed E-state index contributed by atoms with van der Waals surface area (Å²) in [7, 11) is 0. The van der Waals surface area contributed by atoms with Gasteiger partial charge in [-0.15, -0.1) is 11.3 Å². The number of amides is 1. The maximum atomic E-state index is 12.6. The number of H-pyrrole nitrogens is 1. The molecule has 0 saturated heterocycles. The number of anilines is 1. The van der Waals surface area contributed by atoms with E-state index < -0.39 is 5.25 Å². The lowest BCUT2D eigenvalue weighted by Crippen LogP contribution is -2.24. The fraction of sp³-hybridized carbons (Fsp3) is 0.333. The topological polar surface area (TPSA) is 87.7 Å². The van der Waals surface area contributed by atoms with Crippen molar-refractivity contribution >= 4 is 68.2 Å². The second-order valence-electron chi connectivity index (χ2n) is 6.50. The van der Waals surface area contributed by atoms with Crippen LogP contribution in [0.1, 0.15) is 30.2 Å². The van der Waals surface area contributed by atoms with E-state index in [-0.39, 0.29) is 22.3 Å². The highest BCUT2D eigenvalue weighted by Gasteiger charge is 2.22. The van der Waals surface area contributed by atoms with Crippen molar-refractivity contribution in [2.45, 2.75) is 43.0 Å². The number of thiophene rings is 1. The third kappa shape index (κ3) is 3.91. The molecular weight excluding hydrogens is 439 g/mol. The number of pyridine rings is 1. The highest BCUT2D eigenvalue weighted by Crippen LogP contribution is 2.34. The number of aromatic nitrogens is 3. The molecule has 2 N–H and O–H groups in total. The highest BCUT2D eigenvalue weighted by molar-refractivity contribution is 8.00. The van der Waals surface area contributed by atoms with E-state index in [1.807, 2.05) is 0 Å². The van der Waals surface area contributed by atoms with Crippen molar-refractivity contribution in [1.29, 1.82) is 0 Å². The van der Waals surface area contributed by atoms with Crippen molar-refractivity contribution in [3.63, 3.8) is 0 Å². The van der Waals surface area contributed by atoms with Gasteiger partial charge in [-0.2, -0.15) is 0 Å². The summed E-state index contributed by atoms with van der Waals surface area (Å²) >= 11 is 14.6. The average Bonchev–Trinajstić information content (AvgIpc) is 3.02. The Bertz CT molecular complexity index is 1130.